The molecule has 0 fully saturated rings. The van der Waals surface area contributed by atoms with Crippen LogP contribution in [0.15, 0.2) is 54.6 Å². The number of carbonyl (C=O) groups excluding carboxylic acids is 1. The minimum Gasteiger partial charge on any atom is -0.445 e. The average molecular weight is 368 g/mol. The van der Waals surface area contributed by atoms with Crippen molar-refractivity contribution in [1.82, 2.24) is 5.32 Å². The third-order valence-corrected chi connectivity index (χ3v) is 3.28. The summed E-state index contributed by atoms with van der Waals surface area (Å²) in [6, 6.07) is 14.4. The molecule has 0 saturated carbocycles. The normalized spacial score (nSPS) is 12.2. The van der Waals surface area contributed by atoms with Crippen LogP contribution < -0.4 is 15.4 Å². The smallest absolute Gasteiger partial charge is 0.445 e. The molecule has 0 heterocycles. The van der Waals surface area contributed by atoms with Crippen LogP contribution in [0.25, 0.3) is 0 Å². The Labute approximate surface area is 149 Å². The largest absolute Gasteiger partial charge is 0.573 e. The number of alkyl carbamates (subject to hydrolysis) is 1. The Bertz CT molecular complexity index is 691. The quantitative estimate of drug-likeness (QED) is 0.765. The molecule has 2 aromatic carbocycles. The van der Waals surface area contributed by atoms with Crippen molar-refractivity contribution in [2.75, 3.05) is 11.9 Å². The average Bonchev–Trinajstić information content (AvgIpc) is 2.59. The van der Waals surface area contributed by atoms with E-state index in [1.807, 2.05) is 30.3 Å². The number of halogens is 3. The first kappa shape index (κ1) is 19.4. The molecule has 2 aromatic rings. The Kier molecular flexibility index (Phi) is 6.71. The summed E-state index contributed by atoms with van der Waals surface area (Å²) < 4.78 is 45.2. The molecule has 0 bridgehead atoms. The molecule has 1 unspecified atom stereocenters. The van der Waals surface area contributed by atoms with E-state index in [0.717, 1.165) is 5.56 Å². The molecule has 0 aromatic heterocycles. The lowest BCUT2D eigenvalue weighted by Gasteiger charge is -2.16. The minimum atomic E-state index is -4.71. The fourth-order valence-electron chi connectivity index (χ4n) is 2.06. The van der Waals surface area contributed by atoms with Gasteiger partial charge in [-0.1, -0.05) is 30.3 Å². The van der Waals surface area contributed by atoms with Gasteiger partial charge in [-0.25, -0.2) is 4.79 Å². The van der Waals surface area contributed by atoms with Crippen LogP contribution in [0.1, 0.15) is 12.5 Å². The number of nitrogens with one attached hydrogen (secondary N) is 2. The van der Waals surface area contributed by atoms with E-state index >= 15 is 0 Å². The Balaban J connectivity index is 1.70. The van der Waals surface area contributed by atoms with Gasteiger partial charge in [-0.3, -0.25) is 0 Å². The molecular weight excluding hydrogens is 349 g/mol. The summed E-state index contributed by atoms with van der Waals surface area (Å²) in [5, 5.41) is 5.67. The second-order valence-corrected chi connectivity index (χ2v) is 5.56. The molecule has 26 heavy (non-hydrogen) atoms. The lowest BCUT2D eigenvalue weighted by molar-refractivity contribution is -0.274. The predicted octanol–water partition coefficient (Wildman–Crippen LogP) is 4.31. The second-order valence-electron chi connectivity index (χ2n) is 5.56. The van der Waals surface area contributed by atoms with Crippen molar-refractivity contribution in [3.05, 3.63) is 60.2 Å². The monoisotopic (exact) mass is 368 g/mol. The summed E-state index contributed by atoms with van der Waals surface area (Å²) in [6.07, 6.45) is -5.26. The number of hydrogen-bond donors (Lipinski definition) is 2. The van der Waals surface area contributed by atoms with Gasteiger partial charge in [-0.2, -0.15) is 0 Å². The van der Waals surface area contributed by atoms with E-state index < -0.39 is 12.5 Å². The van der Waals surface area contributed by atoms with Gasteiger partial charge in [0, 0.05) is 18.3 Å². The Morgan fingerprint density at radius 1 is 1.08 bits per heavy atom. The zero-order chi connectivity index (χ0) is 19.0. The molecule has 1 amide bonds. The first-order valence-corrected chi connectivity index (χ1v) is 7.89. The minimum absolute atomic E-state index is 0.174. The highest BCUT2D eigenvalue weighted by Gasteiger charge is 2.30. The molecule has 0 aliphatic heterocycles. The van der Waals surface area contributed by atoms with Crippen molar-refractivity contribution >= 4 is 11.8 Å². The number of rotatable bonds is 7. The van der Waals surface area contributed by atoms with Crippen LogP contribution in [-0.2, 0) is 11.3 Å². The van der Waals surface area contributed by atoms with Crippen LogP contribution in [0.4, 0.5) is 23.7 Å². The van der Waals surface area contributed by atoms with E-state index in [4.69, 9.17) is 4.74 Å². The van der Waals surface area contributed by atoms with Gasteiger partial charge in [-0.15, -0.1) is 13.2 Å². The molecule has 0 aliphatic rings. The number of anilines is 1. The lowest BCUT2D eigenvalue weighted by atomic mass is 10.2. The van der Waals surface area contributed by atoms with E-state index in [-0.39, 0.29) is 18.4 Å². The number of ether oxygens (including phenoxy) is 2. The van der Waals surface area contributed by atoms with Gasteiger partial charge in [0.25, 0.3) is 0 Å². The van der Waals surface area contributed by atoms with Gasteiger partial charge in [0.1, 0.15) is 12.4 Å². The van der Waals surface area contributed by atoms with Crippen molar-refractivity contribution < 1.29 is 27.4 Å². The van der Waals surface area contributed by atoms with Crippen molar-refractivity contribution in [2.24, 2.45) is 0 Å². The summed E-state index contributed by atoms with van der Waals surface area (Å²) in [5.41, 5.74) is 1.49. The third-order valence-electron chi connectivity index (χ3n) is 3.28. The van der Waals surface area contributed by atoms with Crippen LogP contribution in [0.2, 0.25) is 0 Å². The SMILES string of the molecule is CC(CNc1ccc(OC(F)(F)F)cc1)NC(=O)OCc1ccccc1. The van der Waals surface area contributed by atoms with E-state index in [2.05, 4.69) is 15.4 Å². The molecule has 8 heteroatoms. The molecule has 2 N–H and O–H groups in total. The fourth-order valence-corrected chi connectivity index (χ4v) is 2.06. The van der Waals surface area contributed by atoms with E-state index in [9.17, 15) is 18.0 Å². The Morgan fingerprint density at radius 2 is 1.73 bits per heavy atom. The summed E-state index contributed by atoms with van der Waals surface area (Å²) in [4.78, 5) is 11.7. The number of alkyl halides is 3. The number of carbonyl (C=O) groups is 1. The van der Waals surface area contributed by atoms with E-state index in [0.29, 0.717) is 12.2 Å². The van der Waals surface area contributed by atoms with Crippen LogP contribution in [-0.4, -0.2) is 25.0 Å². The highest BCUT2D eigenvalue weighted by molar-refractivity contribution is 5.67. The maximum absolute atomic E-state index is 12.1. The zero-order valence-electron chi connectivity index (χ0n) is 14.0. The molecule has 5 nitrogen and oxygen atoms in total. The van der Waals surface area contributed by atoms with Gasteiger partial charge in [0.2, 0.25) is 0 Å². The van der Waals surface area contributed by atoms with Gasteiger partial charge in [-0.05, 0) is 36.8 Å². The first-order valence-electron chi connectivity index (χ1n) is 7.89. The van der Waals surface area contributed by atoms with Gasteiger partial charge in [0.05, 0.1) is 0 Å². The second kappa shape index (κ2) is 8.98. The molecule has 2 rings (SSSR count). The molecule has 140 valence electrons. The van der Waals surface area contributed by atoms with Crippen molar-refractivity contribution in [2.45, 2.75) is 25.9 Å². The summed E-state index contributed by atoms with van der Waals surface area (Å²) in [6.45, 7) is 2.32. The van der Waals surface area contributed by atoms with Crippen LogP contribution in [0.5, 0.6) is 5.75 Å². The fraction of sp³-hybridized carbons (Fsp3) is 0.278. The maximum Gasteiger partial charge on any atom is 0.573 e. The summed E-state index contributed by atoms with van der Waals surface area (Å²) in [7, 11) is 0. The molecule has 0 radical (unpaired) electrons. The standard InChI is InChI=1S/C18H19F3N2O3/c1-13(23-17(24)25-12-14-5-3-2-4-6-14)11-22-15-7-9-16(10-8-15)26-18(19,20)21/h2-10,13,22H,11-12H2,1H3,(H,23,24). The Morgan fingerprint density at radius 3 is 2.35 bits per heavy atom. The summed E-state index contributed by atoms with van der Waals surface area (Å²) in [5.74, 6) is -0.293. The van der Waals surface area contributed by atoms with Gasteiger partial charge in [0.15, 0.2) is 0 Å². The molecular formula is C18H19F3N2O3. The third kappa shape index (κ3) is 7.33. The molecule has 0 aliphatic carbocycles. The van der Waals surface area contributed by atoms with Crippen LogP contribution in [0.3, 0.4) is 0 Å². The number of benzene rings is 2. The topological polar surface area (TPSA) is 59.6 Å². The van der Waals surface area contributed by atoms with Crippen molar-refractivity contribution in [3.63, 3.8) is 0 Å². The van der Waals surface area contributed by atoms with E-state index in [1.165, 1.54) is 24.3 Å². The number of amides is 1. The lowest BCUT2D eigenvalue weighted by Crippen LogP contribution is -2.37. The zero-order valence-corrected chi connectivity index (χ0v) is 14.0. The summed E-state index contributed by atoms with van der Waals surface area (Å²) >= 11 is 0. The van der Waals surface area contributed by atoms with Crippen molar-refractivity contribution in [1.29, 1.82) is 0 Å². The number of hydrogen-bond acceptors (Lipinski definition) is 4. The van der Waals surface area contributed by atoms with Gasteiger partial charge >= 0.3 is 12.5 Å². The van der Waals surface area contributed by atoms with Crippen LogP contribution >= 0.6 is 0 Å². The van der Waals surface area contributed by atoms with E-state index in [1.54, 1.807) is 6.92 Å². The van der Waals surface area contributed by atoms with Crippen molar-refractivity contribution in [3.8, 4) is 5.75 Å². The molecule has 0 saturated heterocycles. The predicted molar refractivity (Wildman–Crippen MR) is 90.8 cm³/mol. The van der Waals surface area contributed by atoms with Crippen LogP contribution in [0, 0.1) is 0 Å². The highest BCUT2D eigenvalue weighted by Crippen LogP contribution is 2.23. The first-order chi connectivity index (χ1) is 12.3. The Hall–Kier alpha value is -2.90. The highest BCUT2D eigenvalue weighted by atomic mass is 19.4. The van der Waals surface area contributed by atoms with Gasteiger partial charge < -0.3 is 20.1 Å². The molecule has 1 atom stereocenters. The maximum atomic E-state index is 12.1. The molecule has 0 spiro atoms.